The number of nitrogens with one attached hydrogen (secondary N) is 1. The molecule has 0 saturated carbocycles. The summed E-state index contributed by atoms with van der Waals surface area (Å²) in [6.45, 7) is 2.06. The van der Waals surface area contributed by atoms with Gasteiger partial charge in [-0.2, -0.15) is 0 Å². The molecular weight excluding hydrogens is 412 g/mol. The number of aromatic nitrogens is 1. The third-order valence-corrected chi connectivity index (χ3v) is 5.90. The molecular formula is C20H20N2O5S2. The Labute approximate surface area is 176 Å². The maximum absolute atomic E-state index is 12.8. The number of rotatable bonds is 8. The van der Waals surface area contributed by atoms with E-state index in [0.717, 1.165) is 11.4 Å². The summed E-state index contributed by atoms with van der Waals surface area (Å²) < 4.78 is 16.0. The zero-order chi connectivity index (χ0) is 20.8. The normalized spacial score (nSPS) is 10.4. The number of anilines is 1. The van der Waals surface area contributed by atoms with Gasteiger partial charge in [0, 0.05) is 17.5 Å². The van der Waals surface area contributed by atoms with Crippen LogP contribution >= 0.6 is 22.7 Å². The fraction of sp³-hybridized carbons (Fsp3) is 0.250. The van der Waals surface area contributed by atoms with Gasteiger partial charge in [0.25, 0.3) is 5.91 Å². The van der Waals surface area contributed by atoms with Crippen LogP contribution in [0.5, 0.6) is 11.5 Å². The summed E-state index contributed by atoms with van der Waals surface area (Å²) >= 11 is 2.83. The second-order valence-corrected chi connectivity index (χ2v) is 7.74. The molecule has 0 unspecified atom stereocenters. The number of carbonyl (C=O) groups excluding carboxylic acids is 2. The van der Waals surface area contributed by atoms with Crippen molar-refractivity contribution in [3.05, 3.63) is 56.2 Å². The van der Waals surface area contributed by atoms with Crippen LogP contribution in [0.3, 0.4) is 0 Å². The highest BCUT2D eigenvalue weighted by Crippen LogP contribution is 2.34. The molecule has 3 aromatic rings. The molecule has 7 nitrogen and oxygen atoms in total. The predicted molar refractivity (Wildman–Crippen MR) is 112 cm³/mol. The van der Waals surface area contributed by atoms with Gasteiger partial charge in [0.2, 0.25) is 0 Å². The Balaban J connectivity index is 1.85. The Hall–Kier alpha value is -2.91. The number of benzene rings is 1. The smallest absolute Gasteiger partial charge is 0.340 e. The third kappa shape index (κ3) is 4.93. The first-order chi connectivity index (χ1) is 14.0. The molecule has 0 aliphatic carbocycles. The molecule has 1 aromatic carbocycles. The average Bonchev–Trinajstić information content (AvgIpc) is 3.43. The van der Waals surface area contributed by atoms with Gasteiger partial charge in [0.15, 0.2) is 11.5 Å². The first kappa shape index (κ1) is 20.8. The van der Waals surface area contributed by atoms with Crippen molar-refractivity contribution in [2.45, 2.75) is 20.0 Å². The van der Waals surface area contributed by atoms with Crippen LogP contribution in [0, 0.1) is 0 Å². The standard InChI is InChI=1S/C20H20N2O5S2/c1-4-18-21-12(11-29-18)10-27-20(24)13-8-15(25-2)16(26-3)9-14(13)22-19(23)17-6-5-7-28-17/h5-9,11H,4,10H2,1-3H3,(H,22,23). The van der Waals surface area contributed by atoms with Crippen molar-refractivity contribution in [3.63, 3.8) is 0 Å². The molecule has 29 heavy (non-hydrogen) atoms. The van der Waals surface area contributed by atoms with E-state index >= 15 is 0 Å². The molecule has 0 aliphatic rings. The second-order valence-electron chi connectivity index (χ2n) is 5.85. The molecule has 1 amide bonds. The van der Waals surface area contributed by atoms with Gasteiger partial charge in [-0.15, -0.1) is 22.7 Å². The Morgan fingerprint density at radius 3 is 2.52 bits per heavy atom. The Kier molecular flexibility index (Phi) is 6.84. The lowest BCUT2D eigenvalue weighted by Crippen LogP contribution is -2.15. The van der Waals surface area contributed by atoms with Gasteiger partial charge < -0.3 is 19.5 Å². The van der Waals surface area contributed by atoms with E-state index in [4.69, 9.17) is 14.2 Å². The zero-order valence-corrected chi connectivity index (χ0v) is 17.8. The van der Waals surface area contributed by atoms with Crippen molar-refractivity contribution in [1.82, 2.24) is 4.98 Å². The quantitative estimate of drug-likeness (QED) is 0.531. The van der Waals surface area contributed by atoms with E-state index in [9.17, 15) is 9.59 Å². The lowest BCUT2D eigenvalue weighted by Gasteiger charge is -2.15. The van der Waals surface area contributed by atoms with Crippen LogP contribution in [-0.4, -0.2) is 31.1 Å². The van der Waals surface area contributed by atoms with Crippen LogP contribution in [0.4, 0.5) is 5.69 Å². The van der Waals surface area contributed by atoms with E-state index in [-0.39, 0.29) is 23.8 Å². The minimum Gasteiger partial charge on any atom is -0.493 e. The molecule has 3 rings (SSSR count). The van der Waals surface area contributed by atoms with Gasteiger partial charge in [-0.3, -0.25) is 4.79 Å². The van der Waals surface area contributed by atoms with Gasteiger partial charge >= 0.3 is 5.97 Å². The highest BCUT2D eigenvalue weighted by atomic mass is 32.1. The Bertz CT molecular complexity index is 998. The van der Waals surface area contributed by atoms with E-state index < -0.39 is 5.97 Å². The number of esters is 1. The summed E-state index contributed by atoms with van der Waals surface area (Å²) in [4.78, 5) is 30.2. The predicted octanol–water partition coefficient (Wildman–Crippen LogP) is 4.39. The lowest BCUT2D eigenvalue weighted by atomic mass is 10.1. The molecule has 152 valence electrons. The van der Waals surface area contributed by atoms with Gasteiger partial charge in [0.05, 0.1) is 41.0 Å². The molecule has 1 N–H and O–H groups in total. The van der Waals surface area contributed by atoms with Gasteiger partial charge in [-0.1, -0.05) is 13.0 Å². The largest absolute Gasteiger partial charge is 0.493 e. The van der Waals surface area contributed by atoms with Gasteiger partial charge in [-0.25, -0.2) is 9.78 Å². The first-order valence-electron chi connectivity index (χ1n) is 8.77. The Morgan fingerprint density at radius 1 is 1.14 bits per heavy atom. The molecule has 2 aromatic heterocycles. The lowest BCUT2D eigenvalue weighted by molar-refractivity contribution is 0.0469. The zero-order valence-electron chi connectivity index (χ0n) is 16.2. The SMILES string of the molecule is CCc1nc(COC(=O)c2cc(OC)c(OC)cc2NC(=O)c2cccs2)cs1. The van der Waals surface area contributed by atoms with Crippen molar-refractivity contribution in [3.8, 4) is 11.5 Å². The number of ether oxygens (including phenoxy) is 3. The summed E-state index contributed by atoms with van der Waals surface area (Å²) in [5.74, 6) is -0.181. The number of hydrogen-bond acceptors (Lipinski definition) is 8. The van der Waals surface area contributed by atoms with Crippen molar-refractivity contribution in [2.24, 2.45) is 0 Å². The van der Waals surface area contributed by atoms with Crippen molar-refractivity contribution in [1.29, 1.82) is 0 Å². The molecule has 0 bridgehead atoms. The summed E-state index contributed by atoms with van der Waals surface area (Å²) in [6.07, 6.45) is 0.827. The number of thiophene rings is 1. The molecule has 0 aliphatic heterocycles. The van der Waals surface area contributed by atoms with Crippen LogP contribution in [0.1, 0.15) is 37.7 Å². The van der Waals surface area contributed by atoms with Gasteiger partial charge in [-0.05, 0) is 17.9 Å². The Morgan fingerprint density at radius 2 is 1.90 bits per heavy atom. The van der Waals surface area contributed by atoms with E-state index in [0.29, 0.717) is 22.1 Å². The van der Waals surface area contributed by atoms with E-state index in [1.54, 1.807) is 23.6 Å². The van der Waals surface area contributed by atoms with Crippen LogP contribution < -0.4 is 14.8 Å². The minimum atomic E-state index is -0.599. The number of carbonyl (C=O) groups is 2. The van der Waals surface area contributed by atoms with Crippen molar-refractivity contribution < 1.29 is 23.8 Å². The van der Waals surface area contributed by atoms with Crippen LogP contribution in [0.2, 0.25) is 0 Å². The summed E-state index contributed by atoms with van der Waals surface area (Å²) in [5.41, 5.74) is 1.13. The maximum Gasteiger partial charge on any atom is 0.340 e. The highest BCUT2D eigenvalue weighted by Gasteiger charge is 2.21. The summed E-state index contributed by atoms with van der Waals surface area (Å²) in [6, 6.07) is 6.51. The molecule has 0 fully saturated rings. The fourth-order valence-electron chi connectivity index (χ4n) is 2.54. The molecule has 0 saturated heterocycles. The monoisotopic (exact) mass is 432 g/mol. The van der Waals surface area contributed by atoms with E-state index in [1.165, 1.54) is 43.0 Å². The van der Waals surface area contributed by atoms with Crippen LogP contribution in [-0.2, 0) is 17.8 Å². The summed E-state index contributed by atoms with van der Waals surface area (Å²) in [7, 11) is 2.95. The molecule has 0 radical (unpaired) electrons. The van der Waals surface area contributed by atoms with Crippen molar-refractivity contribution in [2.75, 3.05) is 19.5 Å². The molecule has 9 heteroatoms. The van der Waals surface area contributed by atoms with E-state index in [1.807, 2.05) is 12.3 Å². The van der Waals surface area contributed by atoms with Crippen LogP contribution in [0.15, 0.2) is 35.0 Å². The number of amides is 1. The fourth-order valence-corrected chi connectivity index (χ4v) is 3.89. The number of methoxy groups -OCH3 is 2. The first-order valence-corrected chi connectivity index (χ1v) is 10.5. The topological polar surface area (TPSA) is 86.8 Å². The molecule has 0 spiro atoms. The summed E-state index contributed by atoms with van der Waals surface area (Å²) in [5, 5.41) is 7.39. The molecule has 0 atom stereocenters. The minimum absolute atomic E-state index is 0.0436. The van der Waals surface area contributed by atoms with E-state index in [2.05, 4.69) is 10.3 Å². The number of thiazole rings is 1. The third-order valence-electron chi connectivity index (χ3n) is 3.99. The number of nitrogens with zero attached hydrogens (tertiary/aromatic N) is 1. The van der Waals surface area contributed by atoms with Gasteiger partial charge in [0.1, 0.15) is 6.61 Å². The average molecular weight is 433 g/mol. The number of aryl methyl sites for hydroxylation is 1. The molecule has 2 heterocycles. The number of hydrogen-bond donors (Lipinski definition) is 1. The van der Waals surface area contributed by atoms with Crippen molar-refractivity contribution >= 4 is 40.2 Å². The van der Waals surface area contributed by atoms with Crippen LogP contribution in [0.25, 0.3) is 0 Å². The second kappa shape index (κ2) is 9.53. The maximum atomic E-state index is 12.8. The highest BCUT2D eigenvalue weighted by molar-refractivity contribution is 7.12.